The zero-order valence-corrected chi connectivity index (χ0v) is 61.2. The van der Waals surface area contributed by atoms with E-state index in [1.54, 1.807) is 66.0 Å². The van der Waals surface area contributed by atoms with Gasteiger partial charge in [0, 0.05) is 118 Å². The fourth-order valence-corrected chi connectivity index (χ4v) is 16.0. The van der Waals surface area contributed by atoms with Gasteiger partial charge in [-0.3, -0.25) is 24.4 Å². The lowest BCUT2D eigenvalue weighted by Gasteiger charge is -2.33. The van der Waals surface area contributed by atoms with E-state index in [2.05, 4.69) is 126 Å². The summed E-state index contributed by atoms with van der Waals surface area (Å²) in [6, 6.07) is 55.4. The molecule has 2 saturated heterocycles. The Labute approximate surface area is 605 Å². The molecule has 524 valence electrons. The number of carbonyl (C=O) groups is 2. The number of hydrogen-bond acceptors (Lipinski definition) is 11. The van der Waals surface area contributed by atoms with Gasteiger partial charge in [-0.1, -0.05) is 143 Å². The highest BCUT2D eigenvalue weighted by atomic mass is 79.9. The summed E-state index contributed by atoms with van der Waals surface area (Å²) in [5.41, 5.74) is 13.0. The number of sulfone groups is 1. The Bertz CT molecular complexity index is 4720. The number of benzene rings is 9. The van der Waals surface area contributed by atoms with Crippen LogP contribution < -0.4 is 5.32 Å². The van der Waals surface area contributed by atoms with E-state index in [1.807, 2.05) is 77.0 Å². The number of anilines is 1. The molecule has 1 amide bonds. The molecule has 0 atom stereocenters. The second-order valence-corrected chi connectivity index (χ2v) is 31.2. The Balaban J connectivity index is 0.000000159. The van der Waals surface area contributed by atoms with Crippen molar-refractivity contribution < 1.29 is 44.3 Å². The molecule has 1 N–H and O–H groups in total. The number of nitrogens with zero attached hydrogens (tertiary/aromatic N) is 5. The number of rotatable bonds is 15. The largest absolute Gasteiger partial charge is 0.416 e. The number of Topliss-reactive ketones (excluding diaryl/α,β-unsaturated/α-hetero) is 1. The number of halogens is 7. The molecule has 20 heteroatoms. The molecular formula is C81H79BrF6N6O4S3. The third kappa shape index (κ3) is 19.0. The number of alkyl halides is 6. The summed E-state index contributed by atoms with van der Waals surface area (Å²) in [4.78, 5) is 43.9. The number of aryl methyl sites for hydroxylation is 3. The van der Waals surface area contributed by atoms with Gasteiger partial charge in [0.15, 0.2) is 15.6 Å². The molecule has 4 heterocycles. The molecule has 0 aliphatic carbocycles. The normalized spacial score (nSPS) is 15.2. The number of carbonyl (C=O) groups excluding carboxylic acids is 2. The number of nitrogens with one attached hydrogen (secondary N) is 1. The molecular weight excluding hydrogens is 1410 g/mol. The predicted molar refractivity (Wildman–Crippen MR) is 398 cm³/mol. The molecule has 0 saturated carbocycles. The highest BCUT2D eigenvalue weighted by Crippen LogP contribution is 2.43. The van der Waals surface area contributed by atoms with Crippen LogP contribution in [0.2, 0.25) is 0 Å². The van der Waals surface area contributed by atoms with E-state index in [-0.39, 0.29) is 48.0 Å². The fraction of sp³-hybridized carbons (Fsp3) is 0.272. The zero-order chi connectivity index (χ0) is 71.9. The second-order valence-electron chi connectivity index (χ2n) is 26.3. The van der Waals surface area contributed by atoms with Gasteiger partial charge in [0.25, 0.3) is 5.91 Å². The molecule has 0 spiro atoms. The smallest absolute Gasteiger partial charge is 0.322 e. The molecule has 9 aromatic carbocycles. The summed E-state index contributed by atoms with van der Waals surface area (Å²) in [5, 5.41) is 2.58. The number of amides is 1. The first-order chi connectivity index (χ1) is 48.1. The van der Waals surface area contributed by atoms with E-state index in [4.69, 9.17) is 0 Å². The van der Waals surface area contributed by atoms with Crippen molar-refractivity contribution in [3.05, 3.63) is 288 Å². The second kappa shape index (κ2) is 32.2. The van der Waals surface area contributed by atoms with Crippen molar-refractivity contribution in [2.75, 3.05) is 77.6 Å². The van der Waals surface area contributed by atoms with Gasteiger partial charge in [-0.2, -0.15) is 26.3 Å². The third-order valence-corrected chi connectivity index (χ3v) is 23.5. The fourth-order valence-electron chi connectivity index (χ4n) is 12.6. The molecule has 0 bridgehead atoms. The standard InChI is InChI=1S/C37H35F3N2OS.C23H21NO2S2.C21H23BrF3N3O/c1-24-18-28(10-12-32(24)25(2)27-11-13-36-31(21-27)22-29-6-4-5-7-35(29)44-36)34(43)20-26-8-9-30(33(19-26)37(38,39)40)23-42-16-14-41(3)15-17-42;1-16-7-10-21(11-8-16)28(25,26)15-24-17(2)18-9-12-23-20(13-18)14-19-5-3-4-6-22(19)27-23;1-14-11-15(4-6-19(14)22)20(29)26-17-5-3-16(18(12-17)21(23,24)25)13-28-9-7-27(2)8-10-28/h4-13,18-19,21H,2,14-17,20,22-23H2,1,3H3;3-13H,14-15H2,1-2H3;3-6,11-12H,7-10,13H2,1-2H3,(H,26,29). The average Bonchev–Trinajstić information content (AvgIpc) is 0.800. The van der Waals surface area contributed by atoms with Crippen molar-refractivity contribution in [2.24, 2.45) is 4.99 Å². The van der Waals surface area contributed by atoms with Crippen LogP contribution in [0.4, 0.5) is 32.0 Å². The summed E-state index contributed by atoms with van der Waals surface area (Å²) in [6.07, 6.45) is -7.31. The van der Waals surface area contributed by atoms with Crippen molar-refractivity contribution in [1.82, 2.24) is 19.6 Å². The van der Waals surface area contributed by atoms with E-state index in [0.717, 1.165) is 126 Å². The number of aliphatic imine (C=N–C) groups is 1. The van der Waals surface area contributed by atoms with Gasteiger partial charge in [0.1, 0.15) is 5.88 Å². The maximum Gasteiger partial charge on any atom is 0.416 e. The number of ketones is 1. The van der Waals surface area contributed by atoms with Gasteiger partial charge in [0.05, 0.1) is 16.0 Å². The molecule has 101 heavy (non-hydrogen) atoms. The molecule has 0 unspecified atom stereocenters. The van der Waals surface area contributed by atoms with Crippen LogP contribution in [-0.4, -0.2) is 118 Å². The van der Waals surface area contributed by atoms with Crippen LogP contribution in [0.1, 0.15) is 111 Å². The summed E-state index contributed by atoms with van der Waals surface area (Å²) in [5.74, 6) is -0.897. The van der Waals surface area contributed by atoms with E-state index in [9.17, 15) is 44.3 Å². The molecule has 9 aromatic rings. The maximum absolute atomic E-state index is 14.1. The van der Waals surface area contributed by atoms with Crippen LogP contribution >= 0.6 is 39.5 Å². The van der Waals surface area contributed by atoms with Gasteiger partial charge < -0.3 is 15.1 Å². The Morgan fingerprint density at radius 1 is 0.545 bits per heavy atom. The molecule has 13 rings (SSSR count). The number of likely N-dealkylation sites (N-methyl/N-ethyl adjacent to an activating group) is 2. The van der Waals surface area contributed by atoms with Crippen molar-refractivity contribution in [3.63, 3.8) is 0 Å². The number of hydrogen-bond donors (Lipinski definition) is 1. The van der Waals surface area contributed by atoms with Crippen LogP contribution in [0.3, 0.4) is 0 Å². The average molecular weight is 1490 g/mol. The number of piperazine rings is 2. The van der Waals surface area contributed by atoms with Crippen molar-refractivity contribution in [1.29, 1.82) is 0 Å². The highest BCUT2D eigenvalue weighted by Gasteiger charge is 2.36. The Kier molecular flexibility index (Phi) is 23.7. The van der Waals surface area contributed by atoms with Crippen LogP contribution in [0.15, 0.2) is 223 Å². The van der Waals surface area contributed by atoms with Crippen LogP contribution in [0, 0.1) is 20.8 Å². The van der Waals surface area contributed by atoms with E-state index >= 15 is 0 Å². The van der Waals surface area contributed by atoms with E-state index in [1.165, 1.54) is 60.0 Å². The van der Waals surface area contributed by atoms with Gasteiger partial charge in [0.2, 0.25) is 0 Å². The van der Waals surface area contributed by atoms with Crippen LogP contribution in [0.25, 0.3) is 5.57 Å². The quantitative estimate of drug-likeness (QED) is 0.0606. The highest BCUT2D eigenvalue weighted by molar-refractivity contribution is 9.10. The van der Waals surface area contributed by atoms with Crippen LogP contribution in [0.5, 0.6) is 0 Å². The van der Waals surface area contributed by atoms with Gasteiger partial charge in [-0.05, 0) is 218 Å². The molecule has 4 aliphatic heterocycles. The lowest BCUT2D eigenvalue weighted by Crippen LogP contribution is -2.44. The molecule has 4 aliphatic rings. The third-order valence-electron chi connectivity index (χ3n) is 18.7. The van der Waals surface area contributed by atoms with Gasteiger partial charge >= 0.3 is 12.4 Å². The summed E-state index contributed by atoms with van der Waals surface area (Å²) in [7, 11) is 0.591. The lowest BCUT2D eigenvalue weighted by molar-refractivity contribution is -0.139. The lowest BCUT2D eigenvalue weighted by atomic mass is 9.91. The Hall–Kier alpha value is -7.92. The molecule has 0 aromatic heterocycles. The summed E-state index contributed by atoms with van der Waals surface area (Å²) in [6.45, 7) is 18.7. The maximum atomic E-state index is 14.1. The zero-order valence-electron chi connectivity index (χ0n) is 57.2. The topological polar surface area (TPSA) is 106 Å². The molecule has 0 radical (unpaired) electrons. The summed E-state index contributed by atoms with van der Waals surface area (Å²) >= 11 is 6.93. The van der Waals surface area contributed by atoms with Crippen molar-refractivity contribution >= 4 is 78.0 Å². The first-order valence-corrected chi connectivity index (χ1v) is 37.4. The van der Waals surface area contributed by atoms with E-state index < -0.39 is 39.2 Å². The first kappa shape index (κ1) is 74.3. The minimum Gasteiger partial charge on any atom is -0.322 e. The SMILES string of the molecule is C=C(c1ccc2c(c1)Cc1ccccc1S2)c1ccc(C(=O)Cc2ccc(CN3CCN(C)CC3)c(C(F)(F)F)c2)cc1C.CC(=NCS(=O)(=O)c1ccc(C)cc1)c1ccc2c(c1)Cc1ccccc1S2.Cc1cc(C(=O)Nc2ccc(CN3CCN(C)CC3)c(C(F)(F)F)c2)ccc1Br. The molecule has 10 nitrogen and oxygen atoms in total. The molecule has 2 fully saturated rings. The predicted octanol–water partition coefficient (Wildman–Crippen LogP) is 18.4. The first-order valence-electron chi connectivity index (χ1n) is 33.3. The number of fused-ring (bicyclic) bond motifs is 4. The summed E-state index contributed by atoms with van der Waals surface area (Å²) < 4.78 is 109. The minimum absolute atomic E-state index is 0.0957. The monoisotopic (exact) mass is 1490 g/mol. The van der Waals surface area contributed by atoms with Crippen molar-refractivity contribution in [2.45, 2.75) is 96.9 Å². The minimum atomic E-state index is -4.49. The van der Waals surface area contributed by atoms with E-state index in [0.29, 0.717) is 21.6 Å². The van der Waals surface area contributed by atoms with Crippen LogP contribution in [-0.2, 0) is 54.5 Å². The van der Waals surface area contributed by atoms with Gasteiger partial charge in [-0.25, -0.2) is 8.42 Å². The van der Waals surface area contributed by atoms with Gasteiger partial charge in [-0.15, -0.1) is 0 Å². The Morgan fingerprint density at radius 2 is 1.04 bits per heavy atom. The van der Waals surface area contributed by atoms with Crippen molar-refractivity contribution in [3.8, 4) is 0 Å². The Morgan fingerprint density at radius 3 is 1.59 bits per heavy atom.